The van der Waals surface area contributed by atoms with Crippen molar-refractivity contribution in [2.45, 2.75) is 33.2 Å². The lowest BCUT2D eigenvalue weighted by Crippen LogP contribution is -2.25. The third-order valence-corrected chi connectivity index (χ3v) is 2.44. The molecule has 0 spiro atoms. The molecule has 0 bridgehead atoms. The van der Waals surface area contributed by atoms with Gasteiger partial charge in [-0.05, 0) is 31.7 Å². The summed E-state index contributed by atoms with van der Waals surface area (Å²) in [4.78, 5) is 0. The molecule has 54 valence electrons. The molecule has 1 saturated heterocycles. The first-order valence-electron chi connectivity index (χ1n) is 3.95. The maximum Gasteiger partial charge on any atom is 0.00699 e. The Morgan fingerprint density at radius 3 is 2.33 bits per heavy atom. The van der Waals surface area contributed by atoms with Gasteiger partial charge in [0.05, 0.1) is 0 Å². The van der Waals surface area contributed by atoms with Crippen LogP contribution in [0.25, 0.3) is 0 Å². The van der Waals surface area contributed by atoms with E-state index in [1.54, 1.807) is 0 Å². The Morgan fingerprint density at radius 1 is 1.44 bits per heavy atom. The SMILES string of the molecule is CC(C)[C@H]1CCN[C@@H]1C. The molecule has 2 atom stereocenters. The van der Waals surface area contributed by atoms with Crippen molar-refractivity contribution in [3.63, 3.8) is 0 Å². The summed E-state index contributed by atoms with van der Waals surface area (Å²) < 4.78 is 0. The van der Waals surface area contributed by atoms with Crippen LogP contribution in [0.2, 0.25) is 0 Å². The first-order chi connectivity index (χ1) is 4.22. The normalized spacial score (nSPS) is 36.0. The number of rotatable bonds is 1. The van der Waals surface area contributed by atoms with Crippen LogP contribution in [0.1, 0.15) is 27.2 Å². The molecule has 0 unspecified atom stereocenters. The van der Waals surface area contributed by atoms with Crippen LogP contribution in [0.5, 0.6) is 0 Å². The second-order valence-corrected chi connectivity index (χ2v) is 3.44. The van der Waals surface area contributed by atoms with E-state index in [1.807, 2.05) is 0 Å². The van der Waals surface area contributed by atoms with Gasteiger partial charge in [0, 0.05) is 6.04 Å². The Balaban J connectivity index is 2.40. The van der Waals surface area contributed by atoms with Crippen molar-refractivity contribution >= 4 is 0 Å². The first kappa shape index (κ1) is 7.07. The maximum absolute atomic E-state index is 3.45. The van der Waals surface area contributed by atoms with E-state index in [1.165, 1.54) is 13.0 Å². The summed E-state index contributed by atoms with van der Waals surface area (Å²) >= 11 is 0. The van der Waals surface area contributed by atoms with E-state index in [2.05, 4.69) is 26.1 Å². The molecule has 1 nitrogen and oxygen atoms in total. The molecule has 1 aliphatic heterocycles. The van der Waals surface area contributed by atoms with Crippen molar-refractivity contribution in [3.8, 4) is 0 Å². The Labute approximate surface area is 57.8 Å². The third kappa shape index (κ3) is 1.45. The van der Waals surface area contributed by atoms with Crippen LogP contribution < -0.4 is 5.32 Å². The van der Waals surface area contributed by atoms with Gasteiger partial charge in [0.25, 0.3) is 0 Å². The monoisotopic (exact) mass is 127 g/mol. The summed E-state index contributed by atoms with van der Waals surface area (Å²) in [6.45, 7) is 8.14. The fraction of sp³-hybridized carbons (Fsp3) is 1.00. The van der Waals surface area contributed by atoms with Crippen LogP contribution in [0, 0.1) is 11.8 Å². The second kappa shape index (κ2) is 2.70. The summed E-state index contributed by atoms with van der Waals surface area (Å²) in [7, 11) is 0. The number of hydrogen-bond acceptors (Lipinski definition) is 1. The quantitative estimate of drug-likeness (QED) is 0.564. The molecule has 1 fully saturated rings. The predicted molar refractivity (Wildman–Crippen MR) is 40.4 cm³/mol. The van der Waals surface area contributed by atoms with Crippen LogP contribution in [0.4, 0.5) is 0 Å². The van der Waals surface area contributed by atoms with Crippen molar-refractivity contribution < 1.29 is 0 Å². The molecular weight excluding hydrogens is 110 g/mol. The van der Waals surface area contributed by atoms with Gasteiger partial charge in [0.1, 0.15) is 0 Å². The van der Waals surface area contributed by atoms with Crippen LogP contribution in [-0.2, 0) is 0 Å². The van der Waals surface area contributed by atoms with Gasteiger partial charge in [-0.25, -0.2) is 0 Å². The minimum Gasteiger partial charge on any atom is -0.314 e. The van der Waals surface area contributed by atoms with Gasteiger partial charge in [0.2, 0.25) is 0 Å². The molecule has 0 aromatic heterocycles. The van der Waals surface area contributed by atoms with Crippen molar-refractivity contribution in [2.24, 2.45) is 11.8 Å². The van der Waals surface area contributed by atoms with Crippen LogP contribution in [0.3, 0.4) is 0 Å². The van der Waals surface area contributed by atoms with Gasteiger partial charge >= 0.3 is 0 Å². The molecule has 9 heavy (non-hydrogen) atoms. The van der Waals surface area contributed by atoms with Gasteiger partial charge in [-0.2, -0.15) is 0 Å². The maximum atomic E-state index is 3.45. The fourth-order valence-electron chi connectivity index (χ4n) is 1.79. The largest absolute Gasteiger partial charge is 0.314 e. The van der Waals surface area contributed by atoms with E-state index in [9.17, 15) is 0 Å². The Bertz CT molecular complexity index is 88.6. The molecule has 0 radical (unpaired) electrons. The highest BCUT2D eigenvalue weighted by atomic mass is 14.9. The smallest absolute Gasteiger partial charge is 0.00699 e. The molecule has 0 aromatic rings. The zero-order valence-corrected chi connectivity index (χ0v) is 6.65. The zero-order chi connectivity index (χ0) is 6.85. The van der Waals surface area contributed by atoms with Crippen molar-refractivity contribution in [1.82, 2.24) is 5.32 Å². The average molecular weight is 127 g/mol. The molecule has 1 aliphatic rings. The van der Waals surface area contributed by atoms with E-state index in [0.717, 1.165) is 17.9 Å². The molecule has 0 aliphatic carbocycles. The predicted octanol–water partition coefficient (Wildman–Crippen LogP) is 1.64. The summed E-state index contributed by atoms with van der Waals surface area (Å²) in [6, 6.07) is 0.755. The molecule has 1 rings (SSSR count). The van der Waals surface area contributed by atoms with E-state index >= 15 is 0 Å². The molecular formula is C8H17N. The fourth-order valence-corrected chi connectivity index (χ4v) is 1.79. The summed E-state index contributed by atoms with van der Waals surface area (Å²) in [5.41, 5.74) is 0. The molecule has 0 amide bonds. The zero-order valence-electron chi connectivity index (χ0n) is 6.65. The van der Waals surface area contributed by atoms with Gasteiger partial charge in [0.15, 0.2) is 0 Å². The second-order valence-electron chi connectivity index (χ2n) is 3.44. The number of nitrogens with one attached hydrogen (secondary N) is 1. The highest BCUT2D eigenvalue weighted by Gasteiger charge is 2.24. The standard InChI is InChI=1S/C8H17N/c1-6(2)8-4-5-9-7(8)3/h6-9H,4-5H2,1-3H3/t7-,8-/m1/s1. The Hall–Kier alpha value is -0.0400. The molecule has 1 N–H and O–H groups in total. The summed E-state index contributed by atoms with van der Waals surface area (Å²) in [5, 5.41) is 3.45. The van der Waals surface area contributed by atoms with Crippen LogP contribution >= 0.6 is 0 Å². The van der Waals surface area contributed by atoms with E-state index in [-0.39, 0.29) is 0 Å². The van der Waals surface area contributed by atoms with E-state index in [0.29, 0.717) is 0 Å². The van der Waals surface area contributed by atoms with Crippen molar-refractivity contribution in [3.05, 3.63) is 0 Å². The first-order valence-corrected chi connectivity index (χ1v) is 3.95. The lowest BCUT2D eigenvalue weighted by Gasteiger charge is -2.18. The lowest BCUT2D eigenvalue weighted by molar-refractivity contribution is 0.357. The summed E-state index contributed by atoms with van der Waals surface area (Å²) in [6.07, 6.45) is 1.37. The topological polar surface area (TPSA) is 12.0 Å². The molecule has 0 aromatic carbocycles. The Morgan fingerprint density at radius 2 is 2.11 bits per heavy atom. The minimum absolute atomic E-state index is 0.755. The third-order valence-electron chi connectivity index (χ3n) is 2.44. The van der Waals surface area contributed by atoms with Gasteiger partial charge in [-0.3, -0.25) is 0 Å². The Kier molecular flexibility index (Phi) is 2.12. The van der Waals surface area contributed by atoms with Gasteiger partial charge in [-0.15, -0.1) is 0 Å². The number of hydrogen-bond donors (Lipinski definition) is 1. The molecule has 0 saturated carbocycles. The van der Waals surface area contributed by atoms with E-state index < -0.39 is 0 Å². The minimum atomic E-state index is 0.755. The highest BCUT2D eigenvalue weighted by Crippen LogP contribution is 2.22. The lowest BCUT2D eigenvalue weighted by atomic mass is 9.90. The summed E-state index contributed by atoms with van der Waals surface area (Å²) in [5.74, 6) is 1.78. The van der Waals surface area contributed by atoms with E-state index in [4.69, 9.17) is 0 Å². The van der Waals surface area contributed by atoms with Crippen LogP contribution in [0.15, 0.2) is 0 Å². The van der Waals surface area contributed by atoms with Gasteiger partial charge in [-0.1, -0.05) is 13.8 Å². The van der Waals surface area contributed by atoms with Crippen molar-refractivity contribution in [2.75, 3.05) is 6.54 Å². The average Bonchev–Trinajstić information content (AvgIpc) is 2.13. The van der Waals surface area contributed by atoms with Gasteiger partial charge < -0.3 is 5.32 Å². The molecule has 1 heterocycles. The van der Waals surface area contributed by atoms with Crippen molar-refractivity contribution in [1.29, 1.82) is 0 Å². The molecule has 1 heteroatoms. The van der Waals surface area contributed by atoms with Crippen LogP contribution in [-0.4, -0.2) is 12.6 Å². The highest BCUT2D eigenvalue weighted by molar-refractivity contribution is 4.81.